The van der Waals surface area contributed by atoms with Crippen molar-refractivity contribution < 1.29 is 4.74 Å². The molecule has 1 heterocycles. The first-order valence-corrected chi connectivity index (χ1v) is 7.35. The van der Waals surface area contributed by atoms with Crippen LogP contribution in [0.15, 0.2) is 24.3 Å². The fraction of sp³-hybridized carbons (Fsp3) is 0.625. The Kier molecular flexibility index (Phi) is 5.02. The molecule has 0 unspecified atom stereocenters. The molecule has 4 nitrogen and oxygen atoms in total. The van der Waals surface area contributed by atoms with E-state index in [9.17, 15) is 0 Å². The molecule has 0 bridgehead atoms. The maximum Gasteiger partial charge on any atom is 0.118 e. The summed E-state index contributed by atoms with van der Waals surface area (Å²) in [6, 6.07) is 8.36. The lowest BCUT2D eigenvalue weighted by molar-refractivity contribution is 0.0538. The van der Waals surface area contributed by atoms with Crippen LogP contribution in [0.2, 0.25) is 0 Å². The van der Waals surface area contributed by atoms with Crippen molar-refractivity contribution in [3.05, 3.63) is 29.8 Å². The summed E-state index contributed by atoms with van der Waals surface area (Å²) in [6.07, 6.45) is 0. The van der Waals surface area contributed by atoms with E-state index in [1.807, 2.05) is 12.1 Å². The van der Waals surface area contributed by atoms with Crippen LogP contribution in [0.25, 0.3) is 0 Å². The van der Waals surface area contributed by atoms with Gasteiger partial charge >= 0.3 is 0 Å². The number of hydrogen-bond donors (Lipinski definition) is 1. The monoisotopic (exact) mass is 277 g/mol. The van der Waals surface area contributed by atoms with E-state index in [1.165, 1.54) is 5.56 Å². The van der Waals surface area contributed by atoms with Gasteiger partial charge in [-0.25, -0.2) is 0 Å². The van der Waals surface area contributed by atoms with Gasteiger partial charge in [0.1, 0.15) is 5.75 Å². The lowest BCUT2D eigenvalue weighted by Crippen LogP contribution is -2.57. The SMILES string of the molecule is COc1ccc(CN2CCN(C(C)(C)CN)CC2)cc1. The summed E-state index contributed by atoms with van der Waals surface area (Å²) in [7, 11) is 1.70. The Labute approximate surface area is 122 Å². The Morgan fingerprint density at radius 1 is 1.10 bits per heavy atom. The third-order valence-electron chi connectivity index (χ3n) is 4.29. The number of benzene rings is 1. The highest BCUT2D eigenvalue weighted by Crippen LogP contribution is 2.18. The zero-order chi connectivity index (χ0) is 14.6. The van der Waals surface area contributed by atoms with Crippen molar-refractivity contribution in [1.82, 2.24) is 9.80 Å². The number of hydrogen-bond acceptors (Lipinski definition) is 4. The van der Waals surface area contributed by atoms with Crippen LogP contribution in [0.3, 0.4) is 0 Å². The highest BCUT2D eigenvalue weighted by Gasteiger charge is 2.28. The van der Waals surface area contributed by atoms with Gasteiger partial charge in [0.25, 0.3) is 0 Å². The first-order valence-electron chi connectivity index (χ1n) is 7.35. The molecule has 112 valence electrons. The largest absolute Gasteiger partial charge is 0.497 e. The van der Waals surface area contributed by atoms with Crippen LogP contribution in [0.4, 0.5) is 0 Å². The Balaban J connectivity index is 1.85. The van der Waals surface area contributed by atoms with Gasteiger partial charge in [-0.2, -0.15) is 0 Å². The molecule has 2 rings (SSSR count). The average molecular weight is 277 g/mol. The quantitative estimate of drug-likeness (QED) is 0.886. The van der Waals surface area contributed by atoms with Crippen molar-refractivity contribution in [1.29, 1.82) is 0 Å². The van der Waals surface area contributed by atoms with Gasteiger partial charge in [0.15, 0.2) is 0 Å². The molecular formula is C16H27N3O. The van der Waals surface area contributed by atoms with E-state index in [1.54, 1.807) is 7.11 Å². The molecule has 4 heteroatoms. The minimum Gasteiger partial charge on any atom is -0.497 e. The summed E-state index contributed by atoms with van der Waals surface area (Å²) >= 11 is 0. The van der Waals surface area contributed by atoms with Crippen LogP contribution in [-0.2, 0) is 6.54 Å². The Morgan fingerprint density at radius 3 is 2.20 bits per heavy atom. The molecule has 0 atom stereocenters. The minimum absolute atomic E-state index is 0.117. The fourth-order valence-electron chi connectivity index (χ4n) is 2.63. The molecule has 1 aliphatic heterocycles. The van der Waals surface area contributed by atoms with Gasteiger partial charge in [-0.15, -0.1) is 0 Å². The summed E-state index contributed by atoms with van der Waals surface area (Å²) in [5, 5.41) is 0. The molecule has 1 aromatic carbocycles. The van der Waals surface area contributed by atoms with Gasteiger partial charge < -0.3 is 10.5 Å². The standard InChI is InChI=1S/C16H27N3O/c1-16(2,13-17)19-10-8-18(9-11-19)12-14-4-6-15(20-3)7-5-14/h4-7H,8-13,17H2,1-3H3. The zero-order valence-corrected chi connectivity index (χ0v) is 12.9. The summed E-state index contributed by atoms with van der Waals surface area (Å²) in [6.45, 7) is 10.6. The molecule has 1 saturated heterocycles. The first-order chi connectivity index (χ1) is 9.55. The molecule has 1 fully saturated rings. The Bertz CT molecular complexity index is 408. The van der Waals surface area contributed by atoms with Crippen LogP contribution in [0, 0.1) is 0 Å². The molecule has 0 aliphatic carbocycles. The van der Waals surface area contributed by atoms with Crippen molar-refractivity contribution in [2.45, 2.75) is 25.9 Å². The van der Waals surface area contributed by atoms with Crippen molar-refractivity contribution in [2.24, 2.45) is 5.73 Å². The minimum atomic E-state index is 0.117. The molecule has 2 N–H and O–H groups in total. The Morgan fingerprint density at radius 2 is 1.70 bits per heavy atom. The third-order valence-corrected chi connectivity index (χ3v) is 4.29. The van der Waals surface area contributed by atoms with Crippen molar-refractivity contribution in [2.75, 3.05) is 39.8 Å². The van der Waals surface area contributed by atoms with Crippen LogP contribution in [0.1, 0.15) is 19.4 Å². The Hall–Kier alpha value is -1.10. The summed E-state index contributed by atoms with van der Waals surface area (Å²) in [4.78, 5) is 5.00. The van der Waals surface area contributed by atoms with Crippen LogP contribution >= 0.6 is 0 Å². The highest BCUT2D eigenvalue weighted by atomic mass is 16.5. The van der Waals surface area contributed by atoms with E-state index in [4.69, 9.17) is 10.5 Å². The molecule has 0 radical (unpaired) electrons. The van der Waals surface area contributed by atoms with Crippen molar-refractivity contribution in [3.63, 3.8) is 0 Å². The van der Waals surface area contributed by atoms with E-state index in [0.717, 1.165) is 38.5 Å². The molecule has 0 aromatic heterocycles. The maximum absolute atomic E-state index is 5.86. The topological polar surface area (TPSA) is 41.7 Å². The molecule has 20 heavy (non-hydrogen) atoms. The number of methoxy groups -OCH3 is 1. The van der Waals surface area contributed by atoms with E-state index in [2.05, 4.69) is 35.8 Å². The van der Waals surface area contributed by atoms with Crippen molar-refractivity contribution in [3.8, 4) is 5.75 Å². The second-order valence-corrected chi connectivity index (χ2v) is 6.13. The van der Waals surface area contributed by atoms with Crippen molar-refractivity contribution >= 4 is 0 Å². The predicted octanol–water partition coefficient (Wildman–Crippen LogP) is 1.55. The normalized spacial score (nSPS) is 18.2. The van der Waals surface area contributed by atoms with Gasteiger partial charge in [-0.05, 0) is 31.5 Å². The summed E-state index contributed by atoms with van der Waals surface area (Å²) in [5.74, 6) is 0.920. The number of piperazine rings is 1. The first kappa shape index (κ1) is 15.3. The predicted molar refractivity (Wildman–Crippen MR) is 83.0 cm³/mol. The van der Waals surface area contributed by atoms with Gasteiger partial charge in [-0.1, -0.05) is 12.1 Å². The molecule has 0 spiro atoms. The molecule has 1 aliphatic rings. The second-order valence-electron chi connectivity index (χ2n) is 6.13. The number of rotatable bonds is 5. The molecule has 1 aromatic rings. The maximum atomic E-state index is 5.86. The summed E-state index contributed by atoms with van der Waals surface area (Å²) in [5.41, 5.74) is 7.32. The number of ether oxygens (including phenoxy) is 1. The third kappa shape index (κ3) is 3.72. The smallest absolute Gasteiger partial charge is 0.118 e. The van der Waals surface area contributed by atoms with Gasteiger partial charge in [0, 0.05) is 44.8 Å². The highest BCUT2D eigenvalue weighted by molar-refractivity contribution is 5.27. The second kappa shape index (κ2) is 6.57. The fourth-order valence-corrected chi connectivity index (χ4v) is 2.63. The van der Waals surface area contributed by atoms with Crippen LogP contribution < -0.4 is 10.5 Å². The van der Waals surface area contributed by atoms with Gasteiger partial charge in [0.2, 0.25) is 0 Å². The number of nitrogens with zero attached hydrogens (tertiary/aromatic N) is 2. The summed E-state index contributed by atoms with van der Waals surface area (Å²) < 4.78 is 5.19. The zero-order valence-electron chi connectivity index (χ0n) is 12.9. The van der Waals surface area contributed by atoms with E-state index < -0.39 is 0 Å². The average Bonchev–Trinajstić information content (AvgIpc) is 2.48. The van der Waals surface area contributed by atoms with Gasteiger partial charge in [-0.3, -0.25) is 9.80 Å². The van der Waals surface area contributed by atoms with Crippen LogP contribution in [0.5, 0.6) is 5.75 Å². The molecule has 0 amide bonds. The lowest BCUT2D eigenvalue weighted by atomic mass is 10.0. The molecule has 0 saturated carbocycles. The van der Waals surface area contributed by atoms with E-state index in [0.29, 0.717) is 6.54 Å². The number of nitrogens with two attached hydrogens (primary N) is 1. The molecular weight excluding hydrogens is 250 g/mol. The lowest BCUT2D eigenvalue weighted by Gasteiger charge is -2.43. The van der Waals surface area contributed by atoms with E-state index >= 15 is 0 Å². The van der Waals surface area contributed by atoms with Crippen LogP contribution in [-0.4, -0.2) is 55.2 Å². The van der Waals surface area contributed by atoms with Gasteiger partial charge in [0.05, 0.1) is 7.11 Å². The van der Waals surface area contributed by atoms with E-state index in [-0.39, 0.29) is 5.54 Å².